The van der Waals surface area contributed by atoms with Crippen LogP contribution in [0.3, 0.4) is 0 Å². The van der Waals surface area contributed by atoms with Gasteiger partial charge in [0, 0.05) is 25.9 Å². The normalized spacial score (nSPS) is 17.1. The third-order valence-electron chi connectivity index (χ3n) is 2.91. The minimum Gasteiger partial charge on any atom is -0.396 e. The van der Waals surface area contributed by atoms with Crippen LogP contribution in [-0.4, -0.2) is 34.8 Å². The van der Waals surface area contributed by atoms with Gasteiger partial charge in [0.05, 0.1) is 0 Å². The summed E-state index contributed by atoms with van der Waals surface area (Å²) in [6.45, 7) is 1.95. The number of anilines is 1. The molecule has 1 aliphatic heterocycles. The molecule has 2 heterocycles. The van der Waals surface area contributed by atoms with Crippen LogP contribution in [0, 0.1) is 17.2 Å². The van der Waals surface area contributed by atoms with Crippen molar-refractivity contribution in [3.8, 4) is 6.07 Å². The number of aliphatic hydroxyl groups excluding tert-OH is 1. The maximum absolute atomic E-state index is 9.04. The SMILES string of the molecule is N#Cc1ccnc(N2CCC(CO)CC2)n1. The lowest BCUT2D eigenvalue weighted by Gasteiger charge is -2.30. The van der Waals surface area contributed by atoms with E-state index in [-0.39, 0.29) is 6.61 Å². The van der Waals surface area contributed by atoms with E-state index in [1.54, 1.807) is 12.3 Å². The summed E-state index contributed by atoms with van der Waals surface area (Å²) in [4.78, 5) is 10.4. The van der Waals surface area contributed by atoms with E-state index in [1.165, 1.54) is 0 Å². The monoisotopic (exact) mass is 218 g/mol. The minimum atomic E-state index is 0.257. The zero-order valence-corrected chi connectivity index (χ0v) is 9.00. The van der Waals surface area contributed by atoms with Crippen LogP contribution in [0.2, 0.25) is 0 Å². The molecule has 1 aromatic rings. The van der Waals surface area contributed by atoms with Gasteiger partial charge in [0.25, 0.3) is 0 Å². The molecule has 0 spiro atoms. The predicted octanol–water partition coefficient (Wildman–Crippen LogP) is 0.557. The topological polar surface area (TPSA) is 73.0 Å². The van der Waals surface area contributed by atoms with E-state index < -0.39 is 0 Å². The van der Waals surface area contributed by atoms with Crippen molar-refractivity contribution in [1.29, 1.82) is 5.26 Å². The fraction of sp³-hybridized carbons (Fsp3) is 0.545. The first-order valence-electron chi connectivity index (χ1n) is 5.42. The van der Waals surface area contributed by atoms with Crippen LogP contribution in [-0.2, 0) is 0 Å². The van der Waals surface area contributed by atoms with Crippen LogP contribution >= 0.6 is 0 Å². The van der Waals surface area contributed by atoms with Crippen molar-refractivity contribution in [1.82, 2.24) is 9.97 Å². The highest BCUT2D eigenvalue weighted by Gasteiger charge is 2.20. The molecule has 0 atom stereocenters. The largest absolute Gasteiger partial charge is 0.396 e. The van der Waals surface area contributed by atoms with Gasteiger partial charge in [-0.2, -0.15) is 5.26 Å². The van der Waals surface area contributed by atoms with Gasteiger partial charge in [0.1, 0.15) is 11.8 Å². The maximum Gasteiger partial charge on any atom is 0.226 e. The zero-order chi connectivity index (χ0) is 11.4. The lowest BCUT2D eigenvalue weighted by atomic mass is 9.98. The molecule has 2 rings (SSSR count). The zero-order valence-electron chi connectivity index (χ0n) is 9.00. The van der Waals surface area contributed by atoms with Crippen LogP contribution < -0.4 is 4.90 Å². The summed E-state index contributed by atoms with van der Waals surface area (Å²) >= 11 is 0. The second-order valence-corrected chi connectivity index (χ2v) is 3.97. The number of nitriles is 1. The maximum atomic E-state index is 9.04. The Balaban J connectivity index is 2.05. The first-order valence-corrected chi connectivity index (χ1v) is 5.42. The molecule has 0 aromatic carbocycles. The van der Waals surface area contributed by atoms with Gasteiger partial charge in [0.15, 0.2) is 0 Å². The van der Waals surface area contributed by atoms with E-state index >= 15 is 0 Å². The molecule has 84 valence electrons. The Morgan fingerprint density at radius 1 is 1.50 bits per heavy atom. The molecular formula is C11H14N4O. The molecule has 0 amide bonds. The van der Waals surface area contributed by atoms with Crippen LogP contribution in [0.15, 0.2) is 12.3 Å². The van der Waals surface area contributed by atoms with Crippen LogP contribution in [0.1, 0.15) is 18.5 Å². The Hall–Kier alpha value is -1.67. The van der Waals surface area contributed by atoms with Crippen molar-refractivity contribution in [3.63, 3.8) is 0 Å². The number of piperidine rings is 1. The van der Waals surface area contributed by atoms with E-state index in [0.717, 1.165) is 25.9 Å². The Morgan fingerprint density at radius 2 is 2.25 bits per heavy atom. The van der Waals surface area contributed by atoms with Gasteiger partial charge in [-0.1, -0.05) is 0 Å². The average molecular weight is 218 g/mol. The van der Waals surface area contributed by atoms with Crippen molar-refractivity contribution in [2.24, 2.45) is 5.92 Å². The van der Waals surface area contributed by atoms with E-state index in [0.29, 0.717) is 17.6 Å². The Morgan fingerprint density at radius 3 is 2.88 bits per heavy atom. The molecule has 1 saturated heterocycles. The first-order chi connectivity index (χ1) is 7.83. The third kappa shape index (κ3) is 2.28. The quantitative estimate of drug-likeness (QED) is 0.785. The van der Waals surface area contributed by atoms with E-state index in [9.17, 15) is 0 Å². The molecule has 1 aromatic heterocycles. The van der Waals surface area contributed by atoms with Crippen molar-refractivity contribution in [3.05, 3.63) is 18.0 Å². The highest BCUT2D eigenvalue weighted by molar-refractivity contribution is 5.33. The van der Waals surface area contributed by atoms with Gasteiger partial charge in [-0.15, -0.1) is 0 Å². The number of nitrogens with zero attached hydrogens (tertiary/aromatic N) is 4. The van der Waals surface area contributed by atoms with Crippen LogP contribution in [0.4, 0.5) is 5.95 Å². The Bertz CT molecular complexity index is 393. The molecular weight excluding hydrogens is 204 g/mol. The smallest absolute Gasteiger partial charge is 0.226 e. The van der Waals surface area contributed by atoms with Gasteiger partial charge < -0.3 is 10.0 Å². The summed E-state index contributed by atoms with van der Waals surface area (Å²) in [5, 5.41) is 17.8. The van der Waals surface area contributed by atoms with E-state index in [4.69, 9.17) is 10.4 Å². The summed E-state index contributed by atoms with van der Waals surface area (Å²) < 4.78 is 0. The molecule has 1 N–H and O–H groups in total. The van der Waals surface area contributed by atoms with Crippen molar-refractivity contribution < 1.29 is 5.11 Å². The minimum absolute atomic E-state index is 0.257. The van der Waals surface area contributed by atoms with Gasteiger partial charge >= 0.3 is 0 Å². The van der Waals surface area contributed by atoms with E-state index in [1.807, 2.05) is 6.07 Å². The molecule has 5 nitrogen and oxygen atoms in total. The Labute approximate surface area is 94.4 Å². The summed E-state index contributed by atoms with van der Waals surface area (Å²) in [6, 6.07) is 3.61. The molecule has 0 saturated carbocycles. The molecule has 0 unspecified atom stereocenters. The first kappa shape index (κ1) is 10.8. The summed E-state index contributed by atoms with van der Waals surface area (Å²) in [5.74, 6) is 1.02. The van der Waals surface area contributed by atoms with Crippen LogP contribution in [0.5, 0.6) is 0 Å². The van der Waals surface area contributed by atoms with Gasteiger partial charge in [-0.05, 0) is 24.8 Å². The van der Waals surface area contributed by atoms with Crippen molar-refractivity contribution in [2.45, 2.75) is 12.8 Å². The molecule has 16 heavy (non-hydrogen) atoms. The van der Waals surface area contributed by atoms with E-state index in [2.05, 4.69) is 14.9 Å². The third-order valence-corrected chi connectivity index (χ3v) is 2.91. The predicted molar refractivity (Wildman–Crippen MR) is 58.8 cm³/mol. The number of aliphatic hydroxyl groups is 1. The molecule has 1 aliphatic rings. The second-order valence-electron chi connectivity index (χ2n) is 3.97. The van der Waals surface area contributed by atoms with Gasteiger partial charge in [-0.25, -0.2) is 9.97 Å². The Kier molecular flexibility index (Phi) is 3.32. The van der Waals surface area contributed by atoms with Crippen molar-refractivity contribution >= 4 is 5.95 Å². The number of rotatable bonds is 2. The molecule has 5 heteroatoms. The highest BCUT2D eigenvalue weighted by Crippen LogP contribution is 2.19. The molecule has 0 radical (unpaired) electrons. The lowest BCUT2D eigenvalue weighted by Crippen LogP contribution is -2.35. The summed E-state index contributed by atoms with van der Waals surface area (Å²) in [7, 11) is 0. The average Bonchev–Trinajstić information content (AvgIpc) is 2.39. The fourth-order valence-electron chi connectivity index (χ4n) is 1.88. The number of hydrogen-bond acceptors (Lipinski definition) is 5. The molecule has 0 aliphatic carbocycles. The fourth-order valence-corrected chi connectivity index (χ4v) is 1.88. The number of aromatic nitrogens is 2. The molecule has 1 fully saturated rings. The summed E-state index contributed by atoms with van der Waals surface area (Å²) in [5.41, 5.74) is 0.397. The van der Waals surface area contributed by atoms with Gasteiger partial charge in [0.2, 0.25) is 5.95 Å². The van der Waals surface area contributed by atoms with Crippen molar-refractivity contribution in [2.75, 3.05) is 24.6 Å². The highest BCUT2D eigenvalue weighted by atomic mass is 16.3. The van der Waals surface area contributed by atoms with Crippen LogP contribution in [0.25, 0.3) is 0 Å². The lowest BCUT2D eigenvalue weighted by molar-refractivity contribution is 0.202. The molecule has 0 bridgehead atoms. The second kappa shape index (κ2) is 4.90. The standard InChI is InChI=1S/C11H14N4O/c12-7-10-1-4-13-11(14-10)15-5-2-9(8-16)3-6-15/h1,4,9,16H,2-3,5-6,8H2. The number of hydrogen-bond donors (Lipinski definition) is 1. The summed E-state index contributed by atoms with van der Waals surface area (Å²) in [6.07, 6.45) is 3.52. The van der Waals surface area contributed by atoms with Gasteiger partial charge in [-0.3, -0.25) is 0 Å².